The second-order valence-electron chi connectivity index (χ2n) is 18.7. The first-order chi connectivity index (χ1) is 32.9. The highest BCUT2D eigenvalue weighted by molar-refractivity contribution is 6.03. The van der Waals surface area contributed by atoms with Crippen molar-refractivity contribution in [2.75, 3.05) is 33.5 Å². The lowest BCUT2D eigenvalue weighted by atomic mass is 9.55. The van der Waals surface area contributed by atoms with E-state index in [1.807, 2.05) is 36.1 Å². The molecule has 4 aliphatic rings. The van der Waals surface area contributed by atoms with E-state index in [2.05, 4.69) is 49.1 Å². The molecule has 6 atom stereocenters. The van der Waals surface area contributed by atoms with Crippen molar-refractivity contribution < 1.29 is 43.6 Å². The average molecular weight is 913 g/mol. The van der Waals surface area contributed by atoms with E-state index in [9.17, 15) is 15.0 Å². The van der Waals surface area contributed by atoms with E-state index in [0.29, 0.717) is 73.3 Å². The fourth-order valence-corrected chi connectivity index (χ4v) is 11.6. The van der Waals surface area contributed by atoms with Crippen LogP contribution in [0.25, 0.3) is 10.8 Å². The molecule has 0 radical (unpaired) electrons. The first-order valence-corrected chi connectivity index (χ1v) is 24.6. The zero-order valence-corrected chi connectivity index (χ0v) is 39.3. The van der Waals surface area contributed by atoms with Crippen LogP contribution in [0.4, 0.5) is 0 Å². The van der Waals surface area contributed by atoms with Crippen LogP contribution >= 0.6 is 0 Å². The molecule has 1 heterocycles. The zero-order chi connectivity index (χ0) is 46.8. The fraction of sp³-hybridized carbons (Fsp3) is 0.482. The van der Waals surface area contributed by atoms with Gasteiger partial charge in [-0.05, 0) is 115 Å². The molecule has 0 saturated heterocycles. The van der Waals surface area contributed by atoms with Crippen molar-refractivity contribution in [1.82, 2.24) is 4.90 Å². The minimum atomic E-state index is -1.39. The van der Waals surface area contributed by atoms with Gasteiger partial charge in [-0.2, -0.15) is 0 Å². The maximum absolute atomic E-state index is 15.4. The van der Waals surface area contributed by atoms with Crippen molar-refractivity contribution >= 4 is 28.7 Å². The van der Waals surface area contributed by atoms with Gasteiger partial charge in [-0.25, -0.2) is 0 Å². The normalized spacial score (nSPS) is 23.7. The molecular formula is C56H68N2O9. The van der Waals surface area contributed by atoms with Crippen molar-refractivity contribution in [3.8, 4) is 23.0 Å². The van der Waals surface area contributed by atoms with Crippen LogP contribution in [-0.2, 0) is 20.9 Å². The Morgan fingerprint density at radius 1 is 0.940 bits per heavy atom. The number of aliphatic hydroxyl groups is 2. The summed E-state index contributed by atoms with van der Waals surface area (Å²) in [6.45, 7) is 7.12. The molecule has 0 unspecified atom stereocenters. The Labute approximate surface area is 395 Å². The molecule has 0 aromatic heterocycles. The SMILES string of the molecule is C=CCO[C@@]12Oc3ccc(Oc4ccc(OC)c(C=O)c4)cc3[C@H]3[C@H](CCCCO)[C@@H](CCCCO)C=C(C(=NOCC)C[C@@H]1N(Cc1cccc4ccccc14)C(=O)CCC1CCCC1)[C@H]32. The molecule has 8 rings (SSSR count). The topological polar surface area (TPSA) is 136 Å². The number of benzene rings is 4. The number of methoxy groups -OCH3 is 1. The van der Waals surface area contributed by atoms with E-state index in [0.717, 1.165) is 84.4 Å². The Bertz CT molecular complexity index is 2400. The summed E-state index contributed by atoms with van der Waals surface area (Å²) in [5.41, 5.74) is 4.11. The van der Waals surface area contributed by atoms with E-state index >= 15 is 4.79 Å². The van der Waals surface area contributed by atoms with Gasteiger partial charge in [0.15, 0.2) is 6.29 Å². The maximum atomic E-state index is 15.4. The predicted octanol–water partition coefficient (Wildman–Crippen LogP) is 11.1. The minimum Gasteiger partial charge on any atom is -0.496 e. The lowest BCUT2D eigenvalue weighted by Gasteiger charge is -2.60. The van der Waals surface area contributed by atoms with Gasteiger partial charge in [-0.15, -0.1) is 6.58 Å². The minimum absolute atomic E-state index is 0.0444. The van der Waals surface area contributed by atoms with Crippen LogP contribution in [0.3, 0.4) is 0 Å². The molecule has 11 heteroatoms. The highest BCUT2D eigenvalue weighted by Gasteiger charge is 2.65. The van der Waals surface area contributed by atoms with Gasteiger partial charge in [0.25, 0.3) is 0 Å². The van der Waals surface area contributed by atoms with Gasteiger partial charge in [0.1, 0.15) is 35.6 Å². The Morgan fingerprint density at radius 2 is 1.70 bits per heavy atom. The lowest BCUT2D eigenvalue weighted by molar-refractivity contribution is -0.258. The van der Waals surface area contributed by atoms with E-state index in [1.165, 1.54) is 20.0 Å². The predicted molar refractivity (Wildman–Crippen MR) is 261 cm³/mol. The van der Waals surface area contributed by atoms with Crippen molar-refractivity contribution in [3.05, 3.63) is 120 Å². The van der Waals surface area contributed by atoms with Gasteiger partial charge in [0.2, 0.25) is 11.7 Å². The van der Waals surface area contributed by atoms with Crippen LogP contribution in [-0.4, -0.2) is 78.4 Å². The number of unbranched alkanes of at least 4 members (excludes halogenated alkanes) is 2. The molecule has 67 heavy (non-hydrogen) atoms. The average Bonchev–Trinajstić information content (AvgIpc) is 3.89. The number of carbonyl (C=O) groups is 2. The number of allylic oxidation sites excluding steroid dienone is 1. The van der Waals surface area contributed by atoms with E-state index < -0.39 is 17.7 Å². The number of carbonyl (C=O) groups excluding carboxylic acids is 2. The largest absolute Gasteiger partial charge is 0.496 e. The molecule has 1 amide bonds. The molecule has 3 aliphatic carbocycles. The first kappa shape index (κ1) is 48.0. The highest BCUT2D eigenvalue weighted by Crippen LogP contribution is 2.62. The van der Waals surface area contributed by atoms with E-state index in [1.54, 1.807) is 24.3 Å². The standard InChI is InChI=1S/C56H68N2O9/c1-4-31-64-56-52(58(53(62)28-23-38-15-6-7-16-38)36-41-20-14-19-39-17-8-9-21-45(39)41)35-49(57-65-5-2)47-33-40(18-10-12-29-59)46(22-11-13-30-60)54(55(47)56)48-34-44(25-27-51(48)67-56)66-43-24-26-50(63-3)42(32-43)37-61/h4,8-9,14,17,19-21,24-27,32-34,37-38,40,46,52,54-55,59-60H,1,5-7,10-13,15-16,18,22-23,28-31,35-36H2,2-3H3/t40-,46+,52-,54+,55+,56+/m0/s1. The second-order valence-corrected chi connectivity index (χ2v) is 18.7. The maximum Gasteiger partial charge on any atom is 0.239 e. The van der Waals surface area contributed by atoms with Crippen LogP contribution in [0.2, 0.25) is 0 Å². The number of amides is 1. The number of aliphatic hydroxyl groups excluding tert-OH is 2. The summed E-state index contributed by atoms with van der Waals surface area (Å²) in [5.74, 6) is 0.778. The van der Waals surface area contributed by atoms with E-state index in [4.69, 9.17) is 28.9 Å². The van der Waals surface area contributed by atoms with E-state index in [-0.39, 0.29) is 43.5 Å². The summed E-state index contributed by atoms with van der Waals surface area (Å²) in [5, 5.41) is 27.2. The van der Waals surface area contributed by atoms with Crippen LogP contribution in [0.1, 0.15) is 118 Å². The third kappa shape index (κ3) is 10.3. The third-order valence-corrected chi connectivity index (χ3v) is 14.7. The lowest BCUT2D eigenvalue weighted by Crippen LogP contribution is -2.70. The smallest absolute Gasteiger partial charge is 0.239 e. The van der Waals surface area contributed by atoms with Gasteiger partial charge in [0, 0.05) is 44.1 Å². The molecule has 2 N–H and O–H groups in total. The molecule has 2 saturated carbocycles. The Hall–Kier alpha value is -5.49. The molecule has 4 aromatic carbocycles. The van der Waals surface area contributed by atoms with Gasteiger partial charge in [-0.1, -0.05) is 98.3 Å². The first-order valence-electron chi connectivity index (χ1n) is 24.6. The number of hydrogen-bond acceptors (Lipinski definition) is 10. The summed E-state index contributed by atoms with van der Waals surface area (Å²) in [6.07, 6.45) is 15.7. The third-order valence-electron chi connectivity index (χ3n) is 14.7. The summed E-state index contributed by atoms with van der Waals surface area (Å²) >= 11 is 0. The Morgan fingerprint density at radius 3 is 2.46 bits per heavy atom. The zero-order valence-electron chi connectivity index (χ0n) is 39.3. The number of rotatable bonds is 23. The van der Waals surface area contributed by atoms with Crippen LogP contribution in [0.15, 0.2) is 108 Å². The molecule has 4 aromatic rings. The highest BCUT2D eigenvalue weighted by atomic mass is 16.7. The number of oxime groups is 1. The molecule has 2 fully saturated rings. The number of ether oxygens (including phenoxy) is 4. The van der Waals surface area contributed by atoms with Crippen molar-refractivity contribution in [3.63, 3.8) is 0 Å². The summed E-state index contributed by atoms with van der Waals surface area (Å²) in [7, 11) is 1.53. The number of aldehydes is 1. The van der Waals surface area contributed by atoms with Crippen LogP contribution in [0.5, 0.6) is 23.0 Å². The molecule has 0 spiro atoms. The van der Waals surface area contributed by atoms with Gasteiger partial charge in [0.05, 0.1) is 30.9 Å². The molecule has 1 aliphatic heterocycles. The van der Waals surface area contributed by atoms with Gasteiger partial charge < -0.3 is 38.9 Å². The molecule has 0 bridgehead atoms. The summed E-state index contributed by atoms with van der Waals surface area (Å²) in [4.78, 5) is 35.5. The summed E-state index contributed by atoms with van der Waals surface area (Å²) in [6, 6.07) is 25.0. The summed E-state index contributed by atoms with van der Waals surface area (Å²) < 4.78 is 26.8. The fourth-order valence-electron chi connectivity index (χ4n) is 11.6. The molecule has 11 nitrogen and oxygen atoms in total. The van der Waals surface area contributed by atoms with Crippen LogP contribution < -0.4 is 14.2 Å². The molecule has 356 valence electrons. The van der Waals surface area contributed by atoms with Gasteiger partial charge >= 0.3 is 0 Å². The monoisotopic (exact) mass is 912 g/mol. The second kappa shape index (κ2) is 22.5. The Balaban J connectivity index is 1.33. The van der Waals surface area contributed by atoms with Crippen molar-refractivity contribution in [2.45, 2.75) is 115 Å². The Kier molecular flexibility index (Phi) is 16.1. The van der Waals surface area contributed by atoms with Crippen molar-refractivity contribution in [2.24, 2.45) is 28.8 Å². The molecular weight excluding hydrogens is 845 g/mol. The number of fused-ring (bicyclic) bond motifs is 3. The quantitative estimate of drug-likeness (QED) is 0.0322. The number of hydrogen-bond donors (Lipinski definition) is 2. The van der Waals surface area contributed by atoms with Crippen LogP contribution in [0, 0.1) is 23.7 Å². The van der Waals surface area contributed by atoms with Crippen molar-refractivity contribution in [1.29, 1.82) is 0 Å². The van der Waals surface area contributed by atoms with Gasteiger partial charge in [-0.3, -0.25) is 9.59 Å². The number of nitrogens with zero attached hydrogens (tertiary/aromatic N) is 2.